The Hall–Kier alpha value is -0.890. The van der Waals surface area contributed by atoms with Gasteiger partial charge in [0.25, 0.3) is 0 Å². The van der Waals surface area contributed by atoms with Gasteiger partial charge in [-0.05, 0) is 25.0 Å². The quantitative estimate of drug-likeness (QED) is 0.498. The third-order valence-corrected chi connectivity index (χ3v) is 4.20. The van der Waals surface area contributed by atoms with E-state index < -0.39 is 0 Å². The molecule has 1 atom stereocenters. The molecular formula is C19H33NO. The molecule has 0 amide bonds. The van der Waals surface area contributed by atoms with Gasteiger partial charge in [0.2, 0.25) is 0 Å². The highest BCUT2D eigenvalue weighted by Gasteiger charge is 2.10. The van der Waals surface area contributed by atoms with E-state index in [1.54, 1.807) is 6.20 Å². The van der Waals surface area contributed by atoms with Crippen molar-refractivity contribution in [3.63, 3.8) is 0 Å². The molecule has 2 heteroatoms. The maximum absolute atomic E-state index is 10.2. The van der Waals surface area contributed by atoms with Crippen molar-refractivity contribution in [3.05, 3.63) is 29.6 Å². The molecule has 1 unspecified atom stereocenters. The number of rotatable bonds is 12. The van der Waals surface area contributed by atoms with Crippen LogP contribution in [-0.4, -0.2) is 10.1 Å². The van der Waals surface area contributed by atoms with Crippen molar-refractivity contribution in [2.75, 3.05) is 0 Å². The lowest BCUT2D eigenvalue weighted by Gasteiger charge is -2.12. The van der Waals surface area contributed by atoms with Crippen LogP contribution in [0.5, 0.6) is 0 Å². The molecule has 0 aromatic carbocycles. The predicted molar refractivity (Wildman–Crippen MR) is 90.4 cm³/mol. The molecule has 120 valence electrons. The van der Waals surface area contributed by atoms with Crippen molar-refractivity contribution < 1.29 is 5.11 Å². The maximum Gasteiger partial charge on any atom is 0.0962 e. The molecular weight excluding hydrogens is 258 g/mol. The van der Waals surface area contributed by atoms with Crippen LogP contribution in [0.3, 0.4) is 0 Å². The zero-order valence-electron chi connectivity index (χ0n) is 14.0. The summed E-state index contributed by atoms with van der Waals surface area (Å²) in [4.78, 5) is 4.29. The summed E-state index contributed by atoms with van der Waals surface area (Å²) in [6, 6.07) is 3.94. The van der Waals surface area contributed by atoms with Gasteiger partial charge in [0.05, 0.1) is 11.8 Å². The molecule has 0 saturated heterocycles. The second kappa shape index (κ2) is 11.7. The monoisotopic (exact) mass is 291 g/mol. The molecule has 0 fully saturated rings. The van der Waals surface area contributed by atoms with Crippen LogP contribution in [0, 0.1) is 6.92 Å². The van der Waals surface area contributed by atoms with Crippen LogP contribution < -0.4 is 0 Å². The Labute approximate surface area is 131 Å². The van der Waals surface area contributed by atoms with Gasteiger partial charge in [-0.15, -0.1) is 0 Å². The molecule has 1 rings (SSSR count). The minimum atomic E-state index is -0.389. The highest BCUT2D eigenvalue weighted by atomic mass is 16.3. The Morgan fingerprint density at radius 3 is 2.10 bits per heavy atom. The Kier molecular flexibility index (Phi) is 10.1. The van der Waals surface area contributed by atoms with Crippen LogP contribution in [0.25, 0.3) is 0 Å². The van der Waals surface area contributed by atoms with Crippen LogP contribution in [-0.2, 0) is 0 Å². The minimum absolute atomic E-state index is 0.389. The van der Waals surface area contributed by atoms with Crippen LogP contribution in [0.15, 0.2) is 18.3 Å². The summed E-state index contributed by atoms with van der Waals surface area (Å²) in [5, 5.41) is 10.2. The van der Waals surface area contributed by atoms with Gasteiger partial charge in [0.1, 0.15) is 0 Å². The average Bonchev–Trinajstić information content (AvgIpc) is 2.49. The van der Waals surface area contributed by atoms with Gasteiger partial charge >= 0.3 is 0 Å². The number of nitrogens with zero attached hydrogens (tertiary/aromatic N) is 1. The van der Waals surface area contributed by atoms with E-state index in [0.29, 0.717) is 0 Å². The zero-order chi connectivity index (χ0) is 15.3. The second-order valence-electron chi connectivity index (χ2n) is 6.19. The topological polar surface area (TPSA) is 33.1 Å². The van der Waals surface area contributed by atoms with Crippen LogP contribution in [0.4, 0.5) is 0 Å². The molecule has 1 N–H and O–H groups in total. The van der Waals surface area contributed by atoms with Gasteiger partial charge in [-0.3, -0.25) is 4.98 Å². The summed E-state index contributed by atoms with van der Waals surface area (Å²) < 4.78 is 0. The highest BCUT2D eigenvalue weighted by molar-refractivity contribution is 5.19. The van der Waals surface area contributed by atoms with E-state index >= 15 is 0 Å². The largest absolute Gasteiger partial charge is 0.387 e. The number of aryl methyl sites for hydroxylation is 1. The van der Waals surface area contributed by atoms with E-state index in [9.17, 15) is 5.11 Å². The number of pyridine rings is 1. The molecule has 0 radical (unpaired) electrons. The smallest absolute Gasteiger partial charge is 0.0962 e. The molecule has 0 spiro atoms. The van der Waals surface area contributed by atoms with Crippen molar-refractivity contribution in [1.29, 1.82) is 0 Å². The number of aliphatic hydroxyl groups excluding tert-OH is 1. The lowest BCUT2D eigenvalue weighted by Crippen LogP contribution is -2.02. The first-order valence-corrected chi connectivity index (χ1v) is 8.85. The number of hydrogen-bond acceptors (Lipinski definition) is 2. The van der Waals surface area contributed by atoms with Crippen molar-refractivity contribution in [3.8, 4) is 0 Å². The molecule has 1 heterocycles. The fourth-order valence-electron chi connectivity index (χ4n) is 2.81. The van der Waals surface area contributed by atoms with E-state index in [1.807, 2.05) is 19.1 Å². The Morgan fingerprint density at radius 2 is 1.52 bits per heavy atom. The van der Waals surface area contributed by atoms with Crippen LogP contribution in [0.2, 0.25) is 0 Å². The maximum atomic E-state index is 10.2. The van der Waals surface area contributed by atoms with Crippen LogP contribution >= 0.6 is 0 Å². The van der Waals surface area contributed by atoms with Gasteiger partial charge < -0.3 is 5.11 Å². The zero-order valence-corrected chi connectivity index (χ0v) is 14.0. The SMILES string of the molecule is CCCCCCCCCCCCC(O)c1ncccc1C. The Bertz CT molecular complexity index is 364. The van der Waals surface area contributed by atoms with Crippen LogP contribution in [0.1, 0.15) is 94.9 Å². The summed E-state index contributed by atoms with van der Waals surface area (Å²) in [6.45, 7) is 4.28. The van der Waals surface area contributed by atoms with Gasteiger partial charge in [-0.25, -0.2) is 0 Å². The number of aromatic nitrogens is 1. The molecule has 0 saturated carbocycles. The molecule has 0 aliphatic carbocycles. The summed E-state index contributed by atoms with van der Waals surface area (Å²) in [6.07, 6.45) is 15.5. The molecule has 0 bridgehead atoms. The molecule has 21 heavy (non-hydrogen) atoms. The first-order chi connectivity index (χ1) is 10.3. The fourth-order valence-corrected chi connectivity index (χ4v) is 2.81. The van der Waals surface area contributed by atoms with E-state index in [1.165, 1.54) is 57.8 Å². The standard InChI is InChI=1S/C19H33NO/c1-3-4-5-6-7-8-9-10-11-12-15-18(21)19-17(2)14-13-16-20-19/h13-14,16,18,21H,3-12,15H2,1-2H3. The third-order valence-electron chi connectivity index (χ3n) is 4.20. The fraction of sp³-hybridized carbons (Fsp3) is 0.737. The summed E-state index contributed by atoms with van der Waals surface area (Å²) in [5.41, 5.74) is 1.95. The molecule has 1 aromatic rings. The second-order valence-corrected chi connectivity index (χ2v) is 6.19. The number of aliphatic hydroxyl groups is 1. The van der Waals surface area contributed by atoms with Gasteiger partial charge in [-0.1, -0.05) is 77.2 Å². The highest BCUT2D eigenvalue weighted by Crippen LogP contribution is 2.21. The lowest BCUT2D eigenvalue weighted by molar-refractivity contribution is 0.158. The molecule has 2 nitrogen and oxygen atoms in total. The van der Waals surface area contributed by atoms with Gasteiger partial charge in [-0.2, -0.15) is 0 Å². The average molecular weight is 291 g/mol. The van der Waals surface area contributed by atoms with Gasteiger partial charge in [0.15, 0.2) is 0 Å². The molecule has 0 aliphatic heterocycles. The first kappa shape index (κ1) is 18.2. The van der Waals surface area contributed by atoms with Crippen molar-refractivity contribution >= 4 is 0 Å². The van der Waals surface area contributed by atoms with E-state index in [-0.39, 0.29) is 6.10 Å². The summed E-state index contributed by atoms with van der Waals surface area (Å²) in [5.74, 6) is 0. The predicted octanol–water partition coefficient (Wildman–Crippen LogP) is 5.73. The first-order valence-electron chi connectivity index (χ1n) is 8.85. The minimum Gasteiger partial charge on any atom is -0.387 e. The third kappa shape index (κ3) is 8.21. The van der Waals surface area contributed by atoms with E-state index in [4.69, 9.17) is 0 Å². The van der Waals surface area contributed by atoms with E-state index in [2.05, 4.69) is 11.9 Å². The van der Waals surface area contributed by atoms with Crippen molar-refractivity contribution in [2.45, 2.75) is 90.6 Å². The lowest BCUT2D eigenvalue weighted by atomic mass is 10.0. The molecule has 0 aliphatic rings. The number of unbranched alkanes of at least 4 members (excludes halogenated alkanes) is 9. The number of hydrogen-bond donors (Lipinski definition) is 1. The van der Waals surface area contributed by atoms with Crippen molar-refractivity contribution in [1.82, 2.24) is 4.98 Å². The summed E-state index contributed by atoms with van der Waals surface area (Å²) in [7, 11) is 0. The Balaban J connectivity index is 1.98. The molecule has 1 aromatic heterocycles. The summed E-state index contributed by atoms with van der Waals surface area (Å²) >= 11 is 0. The van der Waals surface area contributed by atoms with E-state index in [0.717, 1.165) is 24.1 Å². The van der Waals surface area contributed by atoms with Crippen molar-refractivity contribution in [2.24, 2.45) is 0 Å². The Morgan fingerprint density at radius 1 is 0.952 bits per heavy atom. The normalized spacial score (nSPS) is 12.5. The van der Waals surface area contributed by atoms with Gasteiger partial charge in [0, 0.05) is 6.20 Å².